The van der Waals surface area contributed by atoms with Crippen LogP contribution in [0.5, 0.6) is 5.75 Å². The Morgan fingerprint density at radius 3 is 2.61 bits per heavy atom. The predicted octanol–water partition coefficient (Wildman–Crippen LogP) is 4.91. The lowest BCUT2D eigenvalue weighted by molar-refractivity contribution is 0.121. The van der Waals surface area contributed by atoms with Crippen LogP contribution in [-0.4, -0.2) is 12.4 Å². The topological polar surface area (TPSA) is 9.23 Å². The van der Waals surface area contributed by atoms with Crippen molar-refractivity contribution in [3.05, 3.63) is 28.8 Å². The summed E-state index contributed by atoms with van der Waals surface area (Å²) in [6.45, 7) is 2.78. The molecule has 1 saturated carbocycles. The van der Waals surface area contributed by atoms with Gasteiger partial charge < -0.3 is 4.74 Å². The first-order valence-electron chi connectivity index (χ1n) is 6.65. The maximum absolute atomic E-state index is 6.02. The van der Waals surface area contributed by atoms with Crippen LogP contribution in [0.15, 0.2) is 18.2 Å². The van der Waals surface area contributed by atoms with Crippen LogP contribution in [0, 0.1) is 12.3 Å². The van der Waals surface area contributed by atoms with E-state index < -0.39 is 0 Å². The lowest BCUT2D eigenvalue weighted by Gasteiger charge is -2.35. The number of halogens is 1. The molecule has 0 radical (unpaired) electrons. The van der Waals surface area contributed by atoms with Crippen molar-refractivity contribution >= 4 is 24.2 Å². The van der Waals surface area contributed by atoms with Crippen LogP contribution in [0.25, 0.3) is 0 Å². The van der Waals surface area contributed by atoms with Crippen molar-refractivity contribution < 1.29 is 4.74 Å². The zero-order valence-electron chi connectivity index (χ0n) is 10.9. The average molecular weight is 285 g/mol. The Hall–Kier alpha value is -0.340. The van der Waals surface area contributed by atoms with E-state index in [-0.39, 0.29) is 5.41 Å². The number of thiol groups is 1. The molecule has 18 heavy (non-hydrogen) atoms. The smallest absolute Gasteiger partial charge is 0.119 e. The Kier molecular flexibility index (Phi) is 4.85. The predicted molar refractivity (Wildman–Crippen MR) is 81.1 cm³/mol. The van der Waals surface area contributed by atoms with E-state index in [0.717, 1.165) is 28.7 Å². The lowest BCUT2D eigenvalue weighted by atomic mass is 9.76. The van der Waals surface area contributed by atoms with Crippen molar-refractivity contribution in [3.63, 3.8) is 0 Å². The fraction of sp³-hybridized carbons (Fsp3) is 0.600. The number of aryl methyl sites for hydroxylation is 1. The molecule has 0 heterocycles. The number of rotatable bonds is 4. The average Bonchev–Trinajstić information content (AvgIpc) is 2.41. The Balaban J connectivity index is 1.98. The monoisotopic (exact) mass is 284 g/mol. The second-order valence-electron chi connectivity index (χ2n) is 5.42. The van der Waals surface area contributed by atoms with Gasteiger partial charge in [-0.1, -0.05) is 30.9 Å². The van der Waals surface area contributed by atoms with Gasteiger partial charge in [-0.05, 0) is 49.3 Å². The minimum atomic E-state index is 0.273. The van der Waals surface area contributed by atoms with Gasteiger partial charge in [-0.25, -0.2) is 0 Å². The van der Waals surface area contributed by atoms with Crippen LogP contribution >= 0.6 is 24.2 Å². The molecule has 0 unspecified atom stereocenters. The van der Waals surface area contributed by atoms with E-state index in [2.05, 4.69) is 12.6 Å². The number of hydrogen-bond acceptors (Lipinski definition) is 2. The zero-order chi connectivity index (χ0) is 13.0. The highest BCUT2D eigenvalue weighted by molar-refractivity contribution is 7.80. The molecule has 0 aliphatic heterocycles. The molecule has 1 aromatic carbocycles. The summed E-state index contributed by atoms with van der Waals surface area (Å²) in [6, 6.07) is 5.86. The molecule has 1 nitrogen and oxygen atoms in total. The molecule has 1 aromatic rings. The minimum Gasteiger partial charge on any atom is -0.493 e. The summed E-state index contributed by atoms with van der Waals surface area (Å²) in [5.74, 6) is 1.84. The Morgan fingerprint density at radius 2 is 2.00 bits per heavy atom. The molecule has 1 aliphatic carbocycles. The first-order valence-corrected chi connectivity index (χ1v) is 7.66. The standard InChI is InChI=1S/C15H21ClOS/c1-12-9-13(5-6-14(12)16)17-10-15(11-18)7-3-2-4-8-15/h5-6,9,18H,2-4,7-8,10-11H2,1H3. The molecule has 100 valence electrons. The normalized spacial score (nSPS) is 18.6. The van der Waals surface area contributed by atoms with Gasteiger partial charge in [0.1, 0.15) is 5.75 Å². The molecule has 3 heteroatoms. The molecule has 0 aromatic heterocycles. The van der Waals surface area contributed by atoms with Crippen molar-refractivity contribution in [2.75, 3.05) is 12.4 Å². The van der Waals surface area contributed by atoms with E-state index in [0.29, 0.717) is 0 Å². The highest BCUT2D eigenvalue weighted by Gasteiger charge is 2.31. The van der Waals surface area contributed by atoms with Gasteiger partial charge in [0, 0.05) is 10.4 Å². The fourth-order valence-corrected chi connectivity index (χ4v) is 3.12. The third-order valence-corrected chi connectivity index (χ3v) is 5.02. The van der Waals surface area contributed by atoms with E-state index in [4.69, 9.17) is 16.3 Å². The first-order chi connectivity index (χ1) is 8.65. The molecule has 1 fully saturated rings. The zero-order valence-corrected chi connectivity index (χ0v) is 12.6. The molecule has 0 spiro atoms. The largest absolute Gasteiger partial charge is 0.493 e. The van der Waals surface area contributed by atoms with Gasteiger partial charge in [-0.3, -0.25) is 0 Å². The summed E-state index contributed by atoms with van der Waals surface area (Å²) in [6.07, 6.45) is 6.45. The van der Waals surface area contributed by atoms with Gasteiger partial charge in [0.05, 0.1) is 6.61 Å². The van der Waals surface area contributed by atoms with E-state index >= 15 is 0 Å². The van der Waals surface area contributed by atoms with Crippen LogP contribution in [-0.2, 0) is 0 Å². The summed E-state index contributed by atoms with van der Waals surface area (Å²) in [4.78, 5) is 0. The highest BCUT2D eigenvalue weighted by atomic mass is 35.5. The lowest BCUT2D eigenvalue weighted by Crippen LogP contribution is -2.32. The van der Waals surface area contributed by atoms with Crippen LogP contribution in [0.1, 0.15) is 37.7 Å². The van der Waals surface area contributed by atoms with Crippen molar-refractivity contribution in [2.45, 2.75) is 39.0 Å². The van der Waals surface area contributed by atoms with Gasteiger partial charge in [0.25, 0.3) is 0 Å². The number of hydrogen-bond donors (Lipinski definition) is 1. The summed E-state index contributed by atoms with van der Waals surface area (Å²) in [5, 5.41) is 0.795. The summed E-state index contributed by atoms with van der Waals surface area (Å²) in [7, 11) is 0. The van der Waals surface area contributed by atoms with E-state index in [1.54, 1.807) is 0 Å². The SMILES string of the molecule is Cc1cc(OCC2(CS)CCCCC2)ccc1Cl. The summed E-state index contributed by atoms with van der Waals surface area (Å²) in [5.41, 5.74) is 1.34. The first kappa shape index (κ1) is 14.1. The van der Waals surface area contributed by atoms with E-state index in [1.807, 2.05) is 25.1 Å². The summed E-state index contributed by atoms with van der Waals surface area (Å²) < 4.78 is 5.97. The molecule has 0 bridgehead atoms. The maximum atomic E-state index is 6.02. The van der Waals surface area contributed by atoms with Gasteiger partial charge in [-0.15, -0.1) is 0 Å². The van der Waals surface area contributed by atoms with E-state index in [1.165, 1.54) is 32.1 Å². The van der Waals surface area contributed by atoms with Gasteiger partial charge in [0.15, 0.2) is 0 Å². The van der Waals surface area contributed by atoms with E-state index in [9.17, 15) is 0 Å². The van der Waals surface area contributed by atoms with Gasteiger partial charge in [0.2, 0.25) is 0 Å². The number of benzene rings is 1. The van der Waals surface area contributed by atoms with Crippen LogP contribution in [0.2, 0.25) is 5.02 Å². The quantitative estimate of drug-likeness (QED) is 0.773. The second-order valence-corrected chi connectivity index (χ2v) is 6.14. The Morgan fingerprint density at radius 1 is 1.28 bits per heavy atom. The molecule has 0 amide bonds. The Labute approximate surface area is 120 Å². The second kappa shape index (κ2) is 6.21. The van der Waals surface area contributed by atoms with Crippen molar-refractivity contribution in [2.24, 2.45) is 5.41 Å². The van der Waals surface area contributed by atoms with Crippen LogP contribution in [0.4, 0.5) is 0 Å². The van der Waals surface area contributed by atoms with Gasteiger partial charge in [-0.2, -0.15) is 12.6 Å². The number of ether oxygens (including phenoxy) is 1. The third-order valence-electron chi connectivity index (χ3n) is 3.92. The van der Waals surface area contributed by atoms with Crippen LogP contribution in [0.3, 0.4) is 0 Å². The molecule has 0 atom stereocenters. The molecule has 0 saturated heterocycles. The van der Waals surface area contributed by atoms with Crippen molar-refractivity contribution in [1.82, 2.24) is 0 Å². The maximum Gasteiger partial charge on any atom is 0.119 e. The van der Waals surface area contributed by atoms with Crippen molar-refractivity contribution in [3.8, 4) is 5.75 Å². The van der Waals surface area contributed by atoms with Gasteiger partial charge >= 0.3 is 0 Å². The third kappa shape index (κ3) is 3.36. The molecule has 0 N–H and O–H groups in total. The Bertz CT molecular complexity index is 399. The molecular weight excluding hydrogens is 264 g/mol. The molecule has 1 aliphatic rings. The molecule has 2 rings (SSSR count). The van der Waals surface area contributed by atoms with Crippen molar-refractivity contribution in [1.29, 1.82) is 0 Å². The summed E-state index contributed by atoms with van der Waals surface area (Å²) >= 11 is 10.5. The molecular formula is C15H21ClOS. The highest BCUT2D eigenvalue weighted by Crippen LogP contribution is 2.38. The van der Waals surface area contributed by atoms with Crippen LogP contribution < -0.4 is 4.74 Å². The minimum absolute atomic E-state index is 0.273. The fourth-order valence-electron chi connectivity index (χ4n) is 2.59.